The summed E-state index contributed by atoms with van der Waals surface area (Å²) >= 11 is 1.77. The first-order valence-electron chi connectivity index (χ1n) is 8.46. The highest BCUT2D eigenvalue weighted by molar-refractivity contribution is 14.0. The minimum absolute atomic E-state index is 0. The molecule has 5 nitrogen and oxygen atoms in total. The number of carbonyl (C=O) groups is 1. The number of nitrogens with zero attached hydrogens (tertiary/aromatic N) is 2. The van der Waals surface area contributed by atoms with Gasteiger partial charge in [0.25, 0.3) is 0 Å². The molecule has 136 valence electrons. The molecule has 7 heteroatoms. The van der Waals surface area contributed by atoms with Gasteiger partial charge in [-0.2, -0.15) is 0 Å². The van der Waals surface area contributed by atoms with Crippen molar-refractivity contribution in [2.75, 3.05) is 32.8 Å². The van der Waals surface area contributed by atoms with Crippen molar-refractivity contribution in [3.05, 3.63) is 22.4 Å². The monoisotopic (exact) mass is 465 g/mol. The third kappa shape index (κ3) is 6.58. The standard InChI is InChI=1S/C17H27N3O2S.HI/c1-3-18-17(19-10-9-15-8-6-12-23-15)20-11-5-7-14(13-20)16(21)22-4-2;/h6,8,12,14H,3-5,7,9-11,13H2,1-2H3,(H,18,19);1H. The van der Waals surface area contributed by atoms with Crippen LogP contribution in [0.3, 0.4) is 0 Å². The van der Waals surface area contributed by atoms with Crippen LogP contribution in [0.15, 0.2) is 22.5 Å². The zero-order valence-electron chi connectivity index (χ0n) is 14.5. The first kappa shape index (κ1) is 21.2. The number of ether oxygens (including phenoxy) is 1. The average molecular weight is 465 g/mol. The van der Waals surface area contributed by atoms with Crippen LogP contribution >= 0.6 is 35.3 Å². The number of esters is 1. The van der Waals surface area contributed by atoms with Crippen molar-refractivity contribution in [2.45, 2.75) is 33.1 Å². The van der Waals surface area contributed by atoms with Crippen LogP contribution in [0, 0.1) is 5.92 Å². The van der Waals surface area contributed by atoms with Gasteiger partial charge in [-0.3, -0.25) is 9.79 Å². The van der Waals surface area contributed by atoms with Crippen LogP contribution < -0.4 is 5.32 Å². The lowest BCUT2D eigenvalue weighted by Crippen LogP contribution is -2.48. The maximum Gasteiger partial charge on any atom is 0.310 e. The topological polar surface area (TPSA) is 53.9 Å². The first-order valence-corrected chi connectivity index (χ1v) is 9.34. The normalized spacial score (nSPS) is 18.0. The number of thiophene rings is 1. The number of carbonyl (C=O) groups excluding carboxylic acids is 1. The van der Waals surface area contributed by atoms with E-state index in [1.165, 1.54) is 4.88 Å². The number of hydrogen-bond acceptors (Lipinski definition) is 4. The number of nitrogens with one attached hydrogen (secondary N) is 1. The third-order valence-corrected chi connectivity index (χ3v) is 4.81. The SMILES string of the molecule is CCNC(=NCCc1cccs1)N1CCCC(C(=O)OCC)C1.I. The van der Waals surface area contributed by atoms with Gasteiger partial charge in [-0.15, -0.1) is 35.3 Å². The number of aliphatic imine (C=N–C) groups is 1. The molecule has 1 saturated heterocycles. The van der Waals surface area contributed by atoms with E-state index in [1.807, 2.05) is 6.92 Å². The fourth-order valence-corrected chi connectivity index (χ4v) is 3.47. The Morgan fingerprint density at radius 3 is 3.00 bits per heavy atom. The predicted octanol–water partition coefficient (Wildman–Crippen LogP) is 3.15. The summed E-state index contributed by atoms with van der Waals surface area (Å²) in [4.78, 5) is 20.3. The summed E-state index contributed by atoms with van der Waals surface area (Å²) in [7, 11) is 0. The molecular weight excluding hydrogens is 437 g/mol. The fourth-order valence-electron chi connectivity index (χ4n) is 2.77. The number of halogens is 1. The van der Waals surface area contributed by atoms with Gasteiger partial charge in [-0.25, -0.2) is 0 Å². The lowest BCUT2D eigenvalue weighted by Gasteiger charge is -2.34. The van der Waals surface area contributed by atoms with Crippen molar-refractivity contribution in [3.8, 4) is 0 Å². The minimum atomic E-state index is -0.0772. The molecule has 1 N–H and O–H groups in total. The second-order valence-electron chi connectivity index (χ2n) is 5.60. The lowest BCUT2D eigenvalue weighted by molar-refractivity contribution is -0.149. The summed E-state index contributed by atoms with van der Waals surface area (Å²) in [6, 6.07) is 4.22. The van der Waals surface area contributed by atoms with Crippen LogP contribution in [-0.2, 0) is 16.0 Å². The molecule has 2 rings (SSSR count). The van der Waals surface area contributed by atoms with Gasteiger partial charge in [0.05, 0.1) is 12.5 Å². The van der Waals surface area contributed by atoms with E-state index in [2.05, 4.69) is 34.7 Å². The molecule has 1 aromatic rings. The molecule has 1 aliphatic heterocycles. The highest BCUT2D eigenvalue weighted by Gasteiger charge is 2.28. The van der Waals surface area contributed by atoms with Crippen LogP contribution in [0.25, 0.3) is 0 Å². The van der Waals surface area contributed by atoms with Gasteiger partial charge in [0.2, 0.25) is 0 Å². The molecule has 2 heterocycles. The Kier molecular flexibility index (Phi) is 10.3. The molecule has 0 radical (unpaired) electrons. The molecule has 0 spiro atoms. The number of rotatable bonds is 6. The molecule has 1 unspecified atom stereocenters. The van der Waals surface area contributed by atoms with Gasteiger partial charge in [-0.05, 0) is 38.1 Å². The third-order valence-electron chi connectivity index (χ3n) is 3.88. The van der Waals surface area contributed by atoms with Gasteiger partial charge in [0, 0.05) is 37.5 Å². The van der Waals surface area contributed by atoms with Gasteiger partial charge in [-0.1, -0.05) is 6.07 Å². The second-order valence-corrected chi connectivity index (χ2v) is 6.63. The van der Waals surface area contributed by atoms with E-state index >= 15 is 0 Å². The Bertz CT molecular complexity index is 508. The predicted molar refractivity (Wildman–Crippen MR) is 110 cm³/mol. The molecule has 0 aliphatic carbocycles. The van der Waals surface area contributed by atoms with E-state index in [0.29, 0.717) is 13.2 Å². The Hall–Kier alpha value is -0.830. The van der Waals surface area contributed by atoms with Crippen LogP contribution in [0.1, 0.15) is 31.6 Å². The van der Waals surface area contributed by atoms with E-state index in [0.717, 1.165) is 44.9 Å². The van der Waals surface area contributed by atoms with Crippen LogP contribution in [0.2, 0.25) is 0 Å². The van der Waals surface area contributed by atoms with E-state index in [9.17, 15) is 4.79 Å². The summed E-state index contributed by atoms with van der Waals surface area (Å²) in [6.07, 6.45) is 2.87. The molecule has 1 atom stereocenters. The molecule has 0 bridgehead atoms. The Balaban J connectivity index is 0.00000288. The van der Waals surface area contributed by atoms with Crippen molar-refractivity contribution in [1.82, 2.24) is 10.2 Å². The number of likely N-dealkylation sites (tertiary alicyclic amines) is 1. The molecule has 1 aromatic heterocycles. The van der Waals surface area contributed by atoms with Crippen LogP contribution in [-0.4, -0.2) is 49.6 Å². The average Bonchev–Trinajstić information content (AvgIpc) is 3.08. The first-order chi connectivity index (χ1) is 11.2. The number of guanidine groups is 1. The summed E-state index contributed by atoms with van der Waals surface area (Å²) < 4.78 is 5.17. The number of hydrogen-bond donors (Lipinski definition) is 1. The van der Waals surface area contributed by atoms with Gasteiger partial charge < -0.3 is 15.0 Å². The highest BCUT2D eigenvalue weighted by Crippen LogP contribution is 2.18. The molecular formula is C17H28IN3O2S. The minimum Gasteiger partial charge on any atom is -0.466 e. The molecule has 0 aromatic carbocycles. The maximum absolute atomic E-state index is 12.0. The fraction of sp³-hybridized carbons (Fsp3) is 0.647. The summed E-state index contributed by atoms with van der Waals surface area (Å²) in [5, 5.41) is 5.45. The lowest BCUT2D eigenvalue weighted by atomic mass is 9.98. The van der Waals surface area contributed by atoms with Gasteiger partial charge >= 0.3 is 5.97 Å². The molecule has 0 amide bonds. The van der Waals surface area contributed by atoms with Crippen molar-refractivity contribution in [1.29, 1.82) is 0 Å². The maximum atomic E-state index is 12.0. The van der Waals surface area contributed by atoms with E-state index in [-0.39, 0.29) is 35.9 Å². The van der Waals surface area contributed by atoms with Crippen molar-refractivity contribution in [3.63, 3.8) is 0 Å². The Morgan fingerprint density at radius 1 is 1.50 bits per heavy atom. The zero-order valence-corrected chi connectivity index (χ0v) is 17.6. The largest absolute Gasteiger partial charge is 0.466 e. The Morgan fingerprint density at radius 2 is 2.33 bits per heavy atom. The quantitative estimate of drug-likeness (QED) is 0.304. The van der Waals surface area contributed by atoms with Crippen LogP contribution in [0.4, 0.5) is 0 Å². The molecule has 1 aliphatic rings. The van der Waals surface area contributed by atoms with Gasteiger partial charge in [0.15, 0.2) is 5.96 Å². The van der Waals surface area contributed by atoms with Gasteiger partial charge in [0.1, 0.15) is 0 Å². The summed E-state index contributed by atoms with van der Waals surface area (Å²) in [5.41, 5.74) is 0. The Labute approximate surface area is 165 Å². The van der Waals surface area contributed by atoms with Crippen LogP contribution in [0.5, 0.6) is 0 Å². The zero-order chi connectivity index (χ0) is 16.5. The second kappa shape index (κ2) is 11.7. The van der Waals surface area contributed by atoms with E-state index in [1.54, 1.807) is 11.3 Å². The smallest absolute Gasteiger partial charge is 0.310 e. The van der Waals surface area contributed by atoms with Crippen molar-refractivity contribution in [2.24, 2.45) is 10.9 Å². The van der Waals surface area contributed by atoms with Crippen molar-refractivity contribution < 1.29 is 9.53 Å². The summed E-state index contributed by atoms with van der Waals surface area (Å²) in [6.45, 7) is 7.62. The van der Waals surface area contributed by atoms with Crippen molar-refractivity contribution >= 4 is 47.2 Å². The highest BCUT2D eigenvalue weighted by atomic mass is 127. The van der Waals surface area contributed by atoms with E-state index in [4.69, 9.17) is 9.73 Å². The van der Waals surface area contributed by atoms with E-state index < -0.39 is 0 Å². The summed E-state index contributed by atoms with van der Waals surface area (Å²) in [5.74, 6) is 0.801. The molecule has 1 fully saturated rings. The molecule has 0 saturated carbocycles. The molecule has 24 heavy (non-hydrogen) atoms. The number of piperidine rings is 1.